The Labute approximate surface area is 110 Å². The van der Waals surface area contributed by atoms with Crippen LogP contribution >= 0.6 is 15.9 Å². The number of hydrogen-bond donors (Lipinski definition) is 2. The van der Waals surface area contributed by atoms with Crippen LogP contribution in [0.4, 0.5) is 4.39 Å². The van der Waals surface area contributed by atoms with Crippen molar-refractivity contribution in [2.75, 3.05) is 13.2 Å². The minimum absolute atomic E-state index is 0.0194. The highest BCUT2D eigenvalue weighted by atomic mass is 79.9. The molecule has 0 saturated heterocycles. The predicted molar refractivity (Wildman–Crippen MR) is 70.6 cm³/mol. The molecule has 1 aromatic heterocycles. The highest BCUT2D eigenvalue weighted by molar-refractivity contribution is 9.10. The molecule has 4 nitrogen and oxygen atoms in total. The largest absolute Gasteiger partial charge is 0.360 e. The third-order valence-electron chi connectivity index (χ3n) is 2.47. The molecule has 0 bridgehead atoms. The van der Waals surface area contributed by atoms with Crippen LogP contribution in [0.15, 0.2) is 33.7 Å². The number of rotatable bonds is 3. The van der Waals surface area contributed by atoms with E-state index in [1.54, 1.807) is 18.2 Å². The first-order chi connectivity index (χ1) is 8.63. The Balaban J connectivity index is 2.50. The topological polar surface area (TPSA) is 62.0 Å². The molecule has 0 aliphatic heterocycles. The van der Waals surface area contributed by atoms with Gasteiger partial charge in [0.1, 0.15) is 12.2 Å². The van der Waals surface area contributed by atoms with Crippen LogP contribution in [0.2, 0.25) is 0 Å². The highest BCUT2D eigenvalue weighted by Gasteiger charge is 2.12. The summed E-state index contributed by atoms with van der Waals surface area (Å²) in [5.74, 6) is -0.573. The fraction of sp³-hybridized carbons (Fsp3) is 0.167. The molecule has 0 unspecified atom stereocenters. The van der Waals surface area contributed by atoms with E-state index >= 15 is 0 Å². The second kappa shape index (κ2) is 5.30. The second-order valence-electron chi connectivity index (χ2n) is 3.67. The number of halogens is 2. The molecular weight excluding hydrogens is 302 g/mol. The Bertz CT molecular complexity index is 654. The molecule has 6 heteroatoms. The molecule has 0 aliphatic rings. The van der Waals surface area contributed by atoms with Crippen molar-refractivity contribution in [1.82, 2.24) is 10.3 Å². The number of pyridine rings is 1. The van der Waals surface area contributed by atoms with E-state index in [1.165, 1.54) is 6.20 Å². The highest BCUT2D eigenvalue weighted by Crippen LogP contribution is 2.15. The molecule has 18 heavy (non-hydrogen) atoms. The van der Waals surface area contributed by atoms with Gasteiger partial charge in [0.2, 0.25) is 5.43 Å². The molecule has 0 spiro atoms. The Morgan fingerprint density at radius 2 is 2.22 bits per heavy atom. The molecule has 2 rings (SSSR count). The van der Waals surface area contributed by atoms with E-state index in [1.807, 2.05) is 0 Å². The molecular formula is C12H10BrFN2O2. The minimum atomic E-state index is -0.664. The van der Waals surface area contributed by atoms with Crippen LogP contribution in [0.25, 0.3) is 10.9 Å². The number of aromatic nitrogens is 1. The first kappa shape index (κ1) is 12.8. The van der Waals surface area contributed by atoms with Crippen LogP contribution in [0.1, 0.15) is 10.4 Å². The number of amides is 1. The van der Waals surface area contributed by atoms with Gasteiger partial charge in [-0.2, -0.15) is 0 Å². The summed E-state index contributed by atoms with van der Waals surface area (Å²) in [6, 6.07) is 5.17. The van der Waals surface area contributed by atoms with Crippen molar-refractivity contribution in [3.8, 4) is 0 Å². The standard InChI is InChI=1S/C12H10BrFN2O2/c13-7-1-2-10-8(5-7)11(17)9(6-16-10)12(18)15-4-3-14/h1-2,5-6H,3-4H2,(H,15,18)(H,16,17)/i14-1. The lowest BCUT2D eigenvalue weighted by molar-refractivity contribution is 0.0949. The molecule has 0 aliphatic carbocycles. The van der Waals surface area contributed by atoms with Gasteiger partial charge in [0.25, 0.3) is 5.91 Å². The molecule has 0 saturated carbocycles. The monoisotopic (exact) mass is 311 g/mol. The van der Waals surface area contributed by atoms with E-state index in [-0.39, 0.29) is 17.5 Å². The van der Waals surface area contributed by atoms with Gasteiger partial charge in [-0.15, -0.1) is 0 Å². The van der Waals surface area contributed by atoms with Crippen LogP contribution in [-0.4, -0.2) is 24.1 Å². The first-order valence-corrected chi connectivity index (χ1v) is 6.08. The maximum absolute atomic E-state index is 12.1. The van der Waals surface area contributed by atoms with Crippen molar-refractivity contribution < 1.29 is 9.18 Å². The van der Waals surface area contributed by atoms with E-state index in [2.05, 4.69) is 26.2 Å². The predicted octanol–water partition coefficient (Wildman–Crippen LogP) is 1.99. The first-order valence-electron chi connectivity index (χ1n) is 5.28. The Morgan fingerprint density at radius 1 is 1.44 bits per heavy atom. The number of hydrogen-bond acceptors (Lipinski definition) is 2. The average Bonchev–Trinajstić information content (AvgIpc) is 2.37. The number of carbonyl (C=O) groups is 1. The van der Waals surface area contributed by atoms with Crippen molar-refractivity contribution in [3.05, 3.63) is 44.7 Å². The normalized spacial score (nSPS) is 10.6. The Morgan fingerprint density at radius 3 is 2.94 bits per heavy atom. The number of benzene rings is 1. The maximum Gasteiger partial charge on any atom is 0.256 e. The Hall–Kier alpha value is -1.69. The van der Waals surface area contributed by atoms with Gasteiger partial charge in [0.05, 0.1) is 0 Å². The fourth-order valence-corrected chi connectivity index (χ4v) is 1.98. The minimum Gasteiger partial charge on any atom is -0.360 e. The summed E-state index contributed by atoms with van der Waals surface area (Å²) in [7, 11) is 0. The zero-order valence-corrected chi connectivity index (χ0v) is 10.9. The third kappa shape index (κ3) is 2.43. The molecule has 1 heterocycles. The van der Waals surface area contributed by atoms with E-state index in [0.29, 0.717) is 10.9 Å². The summed E-state index contributed by atoms with van der Waals surface area (Å²) in [6.07, 6.45) is 1.34. The zero-order chi connectivity index (χ0) is 13.1. The average molecular weight is 312 g/mol. The summed E-state index contributed by atoms with van der Waals surface area (Å²) >= 11 is 3.27. The smallest absolute Gasteiger partial charge is 0.256 e. The van der Waals surface area contributed by atoms with Gasteiger partial charge in [-0.25, -0.2) is 4.39 Å². The fourth-order valence-electron chi connectivity index (χ4n) is 1.62. The number of H-pyrrole nitrogens is 1. The van der Waals surface area contributed by atoms with Crippen molar-refractivity contribution in [1.29, 1.82) is 0 Å². The van der Waals surface area contributed by atoms with Crippen molar-refractivity contribution >= 4 is 32.7 Å². The van der Waals surface area contributed by atoms with Crippen LogP contribution in [0, 0.1) is 0 Å². The van der Waals surface area contributed by atoms with E-state index < -0.39 is 12.6 Å². The Kier molecular flexibility index (Phi) is 3.76. The van der Waals surface area contributed by atoms with E-state index in [4.69, 9.17) is 0 Å². The number of carbonyl (C=O) groups excluding carboxylic acids is 1. The molecule has 1 amide bonds. The summed E-state index contributed by atoms with van der Waals surface area (Å²) < 4.78 is 12.7. The molecule has 2 aromatic rings. The summed E-state index contributed by atoms with van der Waals surface area (Å²) in [5, 5.41) is 2.74. The number of alkyl halides is 1. The lowest BCUT2D eigenvalue weighted by Crippen LogP contribution is -2.30. The molecule has 0 radical (unpaired) electrons. The number of aromatic amines is 1. The third-order valence-corrected chi connectivity index (χ3v) is 2.96. The van der Waals surface area contributed by atoms with Gasteiger partial charge in [-0.1, -0.05) is 15.9 Å². The number of nitrogens with one attached hydrogen (secondary N) is 2. The van der Waals surface area contributed by atoms with Gasteiger partial charge in [0.15, 0.2) is 0 Å². The molecule has 0 fully saturated rings. The van der Waals surface area contributed by atoms with Gasteiger partial charge in [0, 0.05) is 28.1 Å². The molecule has 2 N–H and O–H groups in total. The van der Waals surface area contributed by atoms with Crippen LogP contribution in [0.3, 0.4) is 0 Å². The maximum atomic E-state index is 12.1. The van der Waals surface area contributed by atoms with Gasteiger partial charge < -0.3 is 10.3 Å². The van der Waals surface area contributed by atoms with Crippen LogP contribution in [0.5, 0.6) is 0 Å². The lowest BCUT2D eigenvalue weighted by atomic mass is 10.1. The van der Waals surface area contributed by atoms with Crippen molar-refractivity contribution in [2.24, 2.45) is 0 Å². The van der Waals surface area contributed by atoms with Gasteiger partial charge in [-0.05, 0) is 18.2 Å². The van der Waals surface area contributed by atoms with Crippen LogP contribution < -0.4 is 10.7 Å². The lowest BCUT2D eigenvalue weighted by Gasteiger charge is -2.04. The quantitative estimate of drug-likeness (QED) is 0.910. The van der Waals surface area contributed by atoms with Crippen LogP contribution in [-0.2, 0) is 0 Å². The van der Waals surface area contributed by atoms with Gasteiger partial charge >= 0.3 is 0 Å². The second-order valence-corrected chi connectivity index (χ2v) is 4.58. The van der Waals surface area contributed by atoms with Crippen molar-refractivity contribution in [3.63, 3.8) is 0 Å². The summed E-state index contributed by atoms with van der Waals surface area (Å²) in [6.45, 7) is -0.766. The van der Waals surface area contributed by atoms with Gasteiger partial charge in [-0.3, -0.25) is 9.59 Å². The van der Waals surface area contributed by atoms with E-state index in [9.17, 15) is 14.0 Å². The molecule has 94 valence electrons. The summed E-state index contributed by atoms with van der Waals surface area (Å²) in [5.41, 5.74) is 0.251. The van der Waals surface area contributed by atoms with Crippen molar-refractivity contribution in [2.45, 2.75) is 0 Å². The van der Waals surface area contributed by atoms with E-state index in [0.717, 1.165) is 4.47 Å². The SMILES string of the molecule is O=C(NCC[18F])c1c[nH]c2ccc(Br)cc2c1=O. The zero-order valence-electron chi connectivity index (χ0n) is 9.30. The number of fused-ring (bicyclic) bond motifs is 1. The summed E-state index contributed by atoms with van der Waals surface area (Å²) in [4.78, 5) is 26.6. The molecule has 1 aromatic carbocycles. The molecule has 0 atom stereocenters.